The minimum absolute atomic E-state index is 0.153. The van der Waals surface area contributed by atoms with Gasteiger partial charge in [-0.2, -0.15) is 0 Å². The molecule has 3 N–H and O–H groups in total. The van der Waals surface area contributed by atoms with Gasteiger partial charge in [0.1, 0.15) is 0 Å². The molecule has 0 aliphatic heterocycles. The number of carbonyl (C=O) groups is 2. The van der Waals surface area contributed by atoms with Gasteiger partial charge in [0.15, 0.2) is 0 Å². The SMILES string of the molecule is Cc1ccc(SCC(=O)NNC(=O)c2ccc(NS(=O)(=O)/C=C/c3ccccc3)cc2)cc1. The van der Waals surface area contributed by atoms with Gasteiger partial charge in [0.2, 0.25) is 5.91 Å². The molecule has 0 unspecified atom stereocenters. The Morgan fingerprint density at radius 2 is 1.55 bits per heavy atom. The van der Waals surface area contributed by atoms with Crippen molar-refractivity contribution in [3.05, 3.63) is 101 Å². The number of thioether (sulfide) groups is 1. The second-order valence-electron chi connectivity index (χ2n) is 7.04. The van der Waals surface area contributed by atoms with Crippen molar-refractivity contribution in [1.82, 2.24) is 10.9 Å². The molecule has 33 heavy (non-hydrogen) atoms. The van der Waals surface area contributed by atoms with Gasteiger partial charge in [-0.15, -0.1) is 11.8 Å². The molecular weight excluding hydrogens is 458 g/mol. The highest BCUT2D eigenvalue weighted by Crippen LogP contribution is 2.17. The van der Waals surface area contributed by atoms with Crippen LogP contribution in [0.5, 0.6) is 0 Å². The second kappa shape index (κ2) is 11.3. The number of hydrogen-bond acceptors (Lipinski definition) is 5. The molecule has 0 bridgehead atoms. The first-order valence-corrected chi connectivity index (χ1v) is 12.5. The molecule has 0 atom stereocenters. The van der Waals surface area contributed by atoms with E-state index < -0.39 is 15.9 Å². The summed E-state index contributed by atoms with van der Waals surface area (Å²) in [6.07, 6.45) is 1.49. The average molecular weight is 482 g/mol. The normalized spacial score (nSPS) is 11.2. The summed E-state index contributed by atoms with van der Waals surface area (Å²) in [5.41, 5.74) is 7.19. The van der Waals surface area contributed by atoms with Crippen LogP contribution in [0.15, 0.2) is 89.2 Å². The molecule has 0 saturated heterocycles. The predicted octanol–water partition coefficient (Wildman–Crippen LogP) is 3.96. The Labute approximate surface area is 197 Å². The number of amides is 2. The van der Waals surface area contributed by atoms with Crippen LogP contribution in [0.4, 0.5) is 5.69 Å². The number of aryl methyl sites for hydroxylation is 1. The van der Waals surface area contributed by atoms with Crippen molar-refractivity contribution in [2.45, 2.75) is 11.8 Å². The van der Waals surface area contributed by atoms with E-state index in [0.29, 0.717) is 5.69 Å². The third kappa shape index (κ3) is 8.13. The Morgan fingerprint density at radius 1 is 0.879 bits per heavy atom. The van der Waals surface area contributed by atoms with Gasteiger partial charge >= 0.3 is 0 Å². The molecule has 0 fully saturated rings. The summed E-state index contributed by atoms with van der Waals surface area (Å²) < 4.78 is 26.9. The zero-order chi connectivity index (χ0) is 23.7. The van der Waals surface area contributed by atoms with Crippen LogP contribution >= 0.6 is 11.8 Å². The smallest absolute Gasteiger partial charge is 0.269 e. The highest BCUT2D eigenvalue weighted by atomic mass is 32.2. The van der Waals surface area contributed by atoms with Gasteiger partial charge in [-0.1, -0.05) is 48.0 Å². The lowest BCUT2D eigenvalue weighted by atomic mass is 10.2. The Hall–Kier alpha value is -3.56. The number of carbonyl (C=O) groups excluding carboxylic acids is 2. The second-order valence-corrected chi connectivity index (χ2v) is 9.66. The molecule has 0 radical (unpaired) electrons. The number of nitrogens with one attached hydrogen (secondary N) is 3. The molecular formula is C24H23N3O4S2. The van der Waals surface area contributed by atoms with Gasteiger partial charge < -0.3 is 0 Å². The minimum atomic E-state index is -3.71. The van der Waals surface area contributed by atoms with Gasteiger partial charge in [0, 0.05) is 16.1 Å². The fourth-order valence-electron chi connectivity index (χ4n) is 2.64. The van der Waals surface area contributed by atoms with Crippen LogP contribution in [0.1, 0.15) is 21.5 Å². The Bertz CT molecular complexity index is 1220. The monoisotopic (exact) mass is 481 g/mol. The maximum Gasteiger partial charge on any atom is 0.269 e. The Kier molecular flexibility index (Phi) is 8.28. The number of hydrazine groups is 1. The van der Waals surface area contributed by atoms with E-state index in [1.807, 2.05) is 49.4 Å². The summed E-state index contributed by atoms with van der Waals surface area (Å²) >= 11 is 1.36. The molecule has 0 spiro atoms. The first-order valence-electron chi connectivity index (χ1n) is 9.95. The van der Waals surface area contributed by atoms with Crippen molar-refractivity contribution in [3.8, 4) is 0 Å². The van der Waals surface area contributed by atoms with Crippen molar-refractivity contribution >= 4 is 45.4 Å². The zero-order valence-electron chi connectivity index (χ0n) is 17.8. The standard InChI is InChI=1S/C24H23N3O4S2/c1-18-7-13-22(14-8-18)32-17-23(28)25-26-24(29)20-9-11-21(12-10-20)27-33(30,31)16-15-19-5-3-2-4-6-19/h2-16,27H,17H2,1H3,(H,25,28)(H,26,29)/b16-15+. The largest absolute Gasteiger partial charge is 0.280 e. The molecule has 3 aromatic carbocycles. The molecule has 0 saturated carbocycles. The summed E-state index contributed by atoms with van der Waals surface area (Å²) in [5, 5.41) is 1.08. The van der Waals surface area contributed by atoms with Crippen LogP contribution in [0, 0.1) is 6.92 Å². The van der Waals surface area contributed by atoms with E-state index in [1.165, 1.54) is 42.1 Å². The maximum absolute atomic E-state index is 12.2. The molecule has 3 aromatic rings. The lowest BCUT2D eigenvalue weighted by molar-refractivity contribution is -0.119. The highest BCUT2D eigenvalue weighted by molar-refractivity contribution is 8.00. The number of anilines is 1. The first-order chi connectivity index (χ1) is 15.8. The predicted molar refractivity (Wildman–Crippen MR) is 132 cm³/mol. The first kappa shape index (κ1) is 24.1. The van der Waals surface area contributed by atoms with E-state index in [-0.39, 0.29) is 17.2 Å². The van der Waals surface area contributed by atoms with Crippen LogP contribution in [0.3, 0.4) is 0 Å². The van der Waals surface area contributed by atoms with E-state index in [9.17, 15) is 18.0 Å². The van der Waals surface area contributed by atoms with Gasteiger partial charge in [-0.05, 0) is 55.0 Å². The van der Waals surface area contributed by atoms with Crippen molar-refractivity contribution in [2.24, 2.45) is 0 Å². The number of benzene rings is 3. The van der Waals surface area contributed by atoms with E-state index in [2.05, 4.69) is 15.6 Å². The van der Waals surface area contributed by atoms with E-state index in [0.717, 1.165) is 21.4 Å². The molecule has 3 rings (SSSR count). The summed E-state index contributed by atoms with van der Waals surface area (Å²) in [5.74, 6) is -0.703. The lowest BCUT2D eigenvalue weighted by Crippen LogP contribution is -2.42. The topological polar surface area (TPSA) is 104 Å². The van der Waals surface area contributed by atoms with Gasteiger partial charge in [-0.25, -0.2) is 8.42 Å². The summed E-state index contributed by atoms with van der Waals surface area (Å²) in [6, 6.07) is 22.7. The third-order valence-electron chi connectivity index (χ3n) is 4.35. The molecule has 2 amide bonds. The highest BCUT2D eigenvalue weighted by Gasteiger charge is 2.10. The molecule has 0 heterocycles. The van der Waals surface area contributed by atoms with E-state index in [4.69, 9.17) is 0 Å². The summed E-state index contributed by atoms with van der Waals surface area (Å²) in [4.78, 5) is 25.2. The third-order valence-corrected chi connectivity index (χ3v) is 6.38. The van der Waals surface area contributed by atoms with Gasteiger partial charge in [-0.3, -0.25) is 25.2 Å². The molecule has 170 valence electrons. The molecule has 7 nitrogen and oxygen atoms in total. The van der Waals surface area contributed by atoms with Crippen molar-refractivity contribution < 1.29 is 18.0 Å². The van der Waals surface area contributed by atoms with Crippen molar-refractivity contribution in [1.29, 1.82) is 0 Å². The van der Waals surface area contributed by atoms with Gasteiger partial charge in [0.25, 0.3) is 15.9 Å². The molecule has 9 heteroatoms. The fraction of sp³-hybridized carbons (Fsp3) is 0.0833. The van der Waals surface area contributed by atoms with Crippen molar-refractivity contribution in [2.75, 3.05) is 10.5 Å². The van der Waals surface area contributed by atoms with Crippen LogP contribution in [0.2, 0.25) is 0 Å². The lowest BCUT2D eigenvalue weighted by Gasteiger charge is -2.09. The van der Waals surface area contributed by atoms with Crippen LogP contribution < -0.4 is 15.6 Å². The number of hydrogen-bond donors (Lipinski definition) is 3. The van der Waals surface area contributed by atoms with Crippen LogP contribution in [-0.2, 0) is 14.8 Å². The quantitative estimate of drug-likeness (QED) is 0.334. The zero-order valence-corrected chi connectivity index (χ0v) is 19.4. The molecule has 0 aliphatic rings. The average Bonchev–Trinajstić information content (AvgIpc) is 2.82. The maximum atomic E-state index is 12.2. The van der Waals surface area contributed by atoms with Crippen LogP contribution in [-0.4, -0.2) is 26.0 Å². The van der Waals surface area contributed by atoms with E-state index >= 15 is 0 Å². The van der Waals surface area contributed by atoms with Crippen LogP contribution in [0.25, 0.3) is 6.08 Å². The Morgan fingerprint density at radius 3 is 2.21 bits per heavy atom. The van der Waals surface area contributed by atoms with Gasteiger partial charge in [0.05, 0.1) is 11.2 Å². The van der Waals surface area contributed by atoms with E-state index in [1.54, 1.807) is 12.1 Å². The molecule has 0 aromatic heterocycles. The number of sulfonamides is 1. The Balaban J connectivity index is 1.47. The summed E-state index contributed by atoms with van der Waals surface area (Å²) in [6.45, 7) is 1.99. The van der Waals surface area contributed by atoms with Crippen molar-refractivity contribution in [3.63, 3.8) is 0 Å². The number of rotatable bonds is 8. The minimum Gasteiger partial charge on any atom is -0.280 e. The fourth-order valence-corrected chi connectivity index (χ4v) is 4.21. The molecule has 0 aliphatic carbocycles. The summed E-state index contributed by atoms with van der Waals surface area (Å²) in [7, 11) is -3.71.